The number of hydrogen-bond donors (Lipinski definition) is 1. The number of carbonyl (C=O) groups is 1. The molecular formula is C7H6O2V. The summed E-state index contributed by atoms with van der Waals surface area (Å²) in [6.07, 6.45) is 0. The van der Waals surface area contributed by atoms with E-state index in [0.29, 0.717) is 5.56 Å². The maximum atomic E-state index is 10.2. The molecule has 0 bridgehead atoms. The van der Waals surface area contributed by atoms with E-state index in [4.69, 9.17) is 5.11 Å². The van der Waals surface area contributed by atoms with Crippen molar-refractivity contribution in [1.82, 2.24) is 0 Å². The molecule has 10 heavy (non-hydrogen) atoms. The van der Waals surface area contributed by atoms with Crippen LogP contribution in [0.3, 0.4) is 0 Å². The second-order valence-electron chi connectivity index (χ2n) is 1.67. The van der Waals surface area contributed by atoms with E-state index < -0.39 is 5.97 Å². The molecule has 0 amide bonds. The normalized spacial score (nSPS) is 8.00. The molecule has 0 unspecified atom stereocenters. The Balaban J connectivity index is 0.000000810. The van der Waals surface area contributed by atoms with Gasteiger partial charge in [0.25, 0.3) is 0 Å². The number of rotatable bonds is 1. The minimum atomic E-state index is -0.879. The van der Waals surface area contributed by atoms with Crippen molar-refractivity contribution < 1.29 is 28.5 Å². The van der Waals surface area contributed by atoms with E-state index in [-0.39, 0.29) is 18.6 Å². The molecule has 1 radical (unpaired) electrons. The Bertz CT molecular complexity index is 208. The summed E-state index contributed by atoms with van der Waals surface area (Å²) in [7, 11) is 0. The number of carboxylic acid groups (broad SMARTS) is 1. The van der Waals surface area contributed by atoms with Crippen molar-refractivity contribution in [2.75, 3.05) is 0 Å². The molecule has 0 atom stereocenters. The monoisotopic (exact) mass is 173 g/mol. The summed E-state index contributed by atoms with van der Waals surface area (Å²) in [4.78, 5) is 10.2. The molecule has 1 aromatic carbocycles. The fourth-order valence-electron chi connectivity index (χ4n) is 0.581. The van der Waals surface area contributed by atoms with Crippen molar-refractivity contribution in [3.63, 3.8) is 0 Å². The van der Waals surface area contributed by atoms with Gasteiger partial charge in [-0.3, -0.25) is 0 Å². The predicted octanol–water partition coefficient (Wildman–Crippen LogP) is 1.38. The van der Waals surface area contributed by atoms with Gasteiger partial charge in [-0.15, -0.1) is 0 Å². The van der Waals surface area contributed by atoms with Gasteiger partial charge in [-0.1, -0.05) is 18.2 Å². The summed E-state index contributed by atoms with van der Waals surface area (Å²) < 4.78 is 0. The van der Waals surface area contributed by atoms with E-state index in [9.17, 15) is 4.79 Å². The van der Waals surface area contributed by atoms with Crippen LogP contribution in [0.25, 0.3) is 0 Å². The third kappa shape index (κ3) is 2.25. The minimum Gasteiger partial charge on any atom is -0.478 e. The average molecular weight is 173 g/mol. The van der Waals surface area contributed by atoms with Crippen LogP contribution >= 0.6 is 0 Å². The molecular weight excluding hydrogens is 167 g/mol. The molecule has 0 aliphatic heterocycles. The number of hydrogen-bond acceptors (Lipinski definition) is 1. The zero-order valence-electron chi connectivity index (χ0n) is 5.19. The molecule has 0 saturated heterocycles. The van der Waals surface area contributed by atoms with Crippen molar-refractivity contribution >= 4 is 5.97 Å². The summed E-state index contributed by atoms with van der Waals surface area (Å²) >= 11 is 0. The van der Waals surface area contributed by atoms with Gasteiger partial charge in [0.15, 0.2) is 0 Å². The van der Waals surface area contributed by atoms with Gasteiger partial charge in [0, 0.05) is 18.6 Å². The summed E-state index contributed by atoms with van der Waals surface area (Å²) in [5.74, 6) is -0.879. The zero-order valence-corrected chi connectivity index (χ0v) is 6.59. The van der Waals surface area contributed by atoms with Crippen LogP contribution in [0.2, 0.25) is 0 Å². The maximum Gasteiger partial charge on any atom is 0.335 e. The molecule has 3 heteroatoms. The Hall–Kier alpha value is -0.726. The number of benzene rings is 1. The molecule has 0 saturated carbocycles. The van der Waals surface area contributed by atoms with Crippen LogP contribution < -0.4 is 0 Å². The van der Waals surface area contributed by atoms with E-state index in [2.05, 4.69) is 0 Å². The summed E-state index contributed by atoms with van der Waals surface area (Å²) in [5.41, 5.74) is 0.331. The Morgan fingerprint density at radius 3 is 2.00 bits per heavy atom. The van der Waals surface area contributed by atoms with Crippen molar-refractivity contribution in [1.29, 1.82) is 0 Å². The van der Waals surface area contributed by atoms with Gasteiger partial charge in [0.2, 0.25) is 0 Å². The summed E-state index contributed by atoms with van der Waals surface area (Å²) in [6.45, 7) is 0. The van der Waals surface area contributed by atoms with Gasteiger partial charge < -0.3 is 5.11 Å². The van der Waals surface area contributed by atoms with E-state index in [0.717, 1.165) is 0 Å². The fraction of sp³-hybridized carbons (Fsp3) is 0. The first-order valence-corrected chi connectivity index (χ1v) is 2.59. The molecule has 0 heterocycles. The van der Waals surface area contributed by atoms with Gasteiger partial charge >= 0.3 is 5.97 Å². The van der Waals surface area contributed by atoms with Crippen LogP contribution in [-0.2, 0) is 18.6 Å². The second kappa shape index (κ2) is 4.15. The third-order valence-electron chi connectivity index (χ3n) is 1.02. The molecule has 0 aliphatic carbocycles. The number of carboxylic acids is 1. The largest absolute Gasteiger partial charge is 0.478 e. The van der Waals surface area contributed by atoms with E-state index in [1.165, 1.54) is 0 Å². The van der Waals surface area contributed by atoms with Crippen LogP contribution in [0, 0.1) is 0 Å². The quantitative estimate of drug-likeness (QED) is 0.696. The predicted molar refractivity (Wildman–Crippen MR) is 33.4 cm³/mol. The van der Waals surface area contributed by atoms with Crippen molar-refractivity contribution in [3.05, 3.63) is 35.9 Å². The fourth-order valence-corrected chi connectivity index (χ4v) is 0.581. The van der Waals surface area contributed by atoms with Crippen LogP contribution in [0.4, 0.5) is 0 Å². The maximum absolute atomic E-state index is 10.2. The van der Waals surface area contributed by atoms with E-state index in [1.54, 1.807) is 30.3 Å². The van der Waals surface area contributed by atoms with Gasteiger partial charge in [0.1, 0.15) is 0 Å². The SMILES string of the molecule is O=C(O)c1ccccc1.[V]. The van der Waals surface area contributed by atoms with Gasteiger partial charge in [0.05, 0.1) is 5.56 Å². The molecule has 1 N–H and O–H groups in total. The molecule has 2 nitrogen and oxygen atoms in total. The third-order valence-corrected chi connectivity index (χ3v) is 1.02. The zero-order chi connectivity index (χ0) is 6.69. The molecule has 0 spiro atoms. The van der Waals surface area contributed by atoms with Gasteiger partial charge in [-0.2, -0.15) is 0 Å². The van der Waals surface area contributed by atoms with Crippen LogP contribution in [0.1, 0.15) is 10.4 Å². The Morgan fingerprint density at radius 1 is 1.20 bits per heavy atom. The van der Waals surface area contributed by atoms with E-state index in [1.807, 2.05) is 0 Å². The average Bonchev–Trinajstić information content (AvgIpc) is 1.90. The molecule has 1 aromatic rings. The molecule has 0 aliphatic rings. The van der Waals surface area contributed by atoms with Crippen molar-refractivity contribution in [3.8, 4) is 0 Å². The van der Waals surface area contributed by atoms with Crippen LogP contribution in [0.15, 0.2) is 30.3 Å². The number of aromatic carboxylic acids is 1. The van der Waals surface area contributed by atoms with Crippen LogP contribution in [0.5, 0.6) is 0 Å². The Morgan fingerprint density at radius 2 is 1.70 bits per heavy atom. The molecule has 51 valence electrons. The first kappa shape index (κ1) is 9.27. The topological polar surface area (TPSA) is 37.3 Å². The second-order valence-corrected chi connectivity index (χ2v) is 1.67. The first-order valence-electron chi connectivity index (χ1n) is 2.59. The van der Waals surface area contributed by atoms with Crippen molar-refractivity contribution in [2.24, 2.45) is 0 Å². The van der Waals surface area contributed by atoms with Gasteiger partial charge in [-0.05, 0) is 12.1 Å². The Labute approximate surface area is 70.8 Å². The summed E-state index contributed by atoms with van der Waals surface area (Å²) in [5, 5.41) is 8.38. The smallest absolute Gasteiger partial charge is 0.335 e. The van der Waals surface area contributed by atoms with Gasteiger partial charge in [-0.25, -0.2) is 4.79 Å². The first-order chi connectivity index (χ1) is 4.30. The minimum absolute atomic E-state index is 0. The van der Waals surface area contributed by atoms with E-state index >= 15 is 0 Å². The molecule has 1 rings (SSSR count). The van der Waals surface area contributed by atoms with Crippen LogP contribution in [-0.4, -0.2) is 11.1 Å². The summed E-state index contributed by atoms with van der Waals surface area (Å²) in [6, 6.07) is 8.30. The molecule has 0 fully saturated rings. The van der Waals surface area contributed by atoms with Crippen molar-refractivity contribution in [2.45, 2.75) is 0 Å². The standard InChI is InChI=1S/C7H6O2.V/c8-7(9)6-4-2-1-3-5-6;/h1-5H,(H,8,9);. The molecule has 0 aromatic heterocycles. The Kier molecular flexibility index (Phi) is 3.85.